The Morgan fingerprint density at radius 2 is 2.09 bits per heavy atom. The number of aliphatic hydroxyl groups is 1. The van der Waals surface area contributed by atoms with Crippen LogP contribution < -0.4 is 5.32 Å². The van der Waals surface area contributed by atoms with Crippen molar-refractivity contribution in [1.29, 1.82) is 0 Å². The lowest BCUT2D eigenvalue weighted by Gasteiger charge is -2.34. The second kappa shape index (κ2) is 12.8. The summed E-state index contributed by atoms with van der Waals surface area (Å²) in [5.41, 5.74) is 2.22. The van der Waals surface area contributed by atoms with E-state index in [2.05, 4.69) is 42.4 Å². The molecule has 2 aliphatic heterocycles. The molecule has 0 saturated carbocycles. The number of hydrogen-bond donors (Lipinski definition) is 2. The number of aryl methyl sites for hydroxylation is 1. The zero-order valence-corrected chi connectivity index (χ0v) is 22.1. The number of carbonyl (C=O) groups excluding carboxylic acids is 1. The third-order valence-corrected chi connectivity index (χ3v) is 7.52. The van der Waals surface area contributed by atoms with Crippen LogP contribution in [0.25, 0.3) is 6.08 Å². The van der Waals surface area contributed by atoms with Crippen LogP contribution >= 0.6 is 11.3 Å². The van der Waals surface area contributed by atoms with E-state index < -0.39 is 6.10 Å². The standard InChI is InChI=1S/C28H42N2O3S/c1-20(15-22-19-34-21(2)29-22)26-13-8-6-5-7-9-14-28(3,4)18-25-12-10-11-24(33-25)16-23(31)17-27(32)30-26/h6,8,10-11,15,19,23-26,31H,5,7,9,12-14,16-18H2,1-4H3,(H,30,32)/b8-6+,20-15+/t23?,24-,25-,26-/m0/s1. The van der Waals surface area contributed by atoms with E-state index in [0.29, 0.717) is 6.42 Å². The van der Waals surface area contributed by atoms with Crippen LogP contribution in [0.3, 0.4) is 0 Å². The lowest BCUT2D eigenvalue weighted by atomic mass is 9.80. The maximum absolute atomic E-state index is 12.8. The van der Waals surface area contributed by atoms with Crippen molar-refractivity contribution in [2.24, 2.45) is 5.41 Å². The van der Waals surface area contributed by atoms with Gasteiger partial charge in [0.2, 0.25) is 5.91 Å². The molecule has 2 bridgehead atoms. The van der Waals surface area contributed by atoms with Gasteiger partial charge in [-0.15, -0.1) is 11.3 Å². The number of allylic oxidation sites excluding steroid dienone is 1. The van der Waals surface area contributed by atoms with E-state index in [1.165, 1.54) is 19.3 Å². The van der Waals surface area contributed by atoms with E-state index in [0.717, 1.165) is 42.0 Å². The van der Waals surface area contributed by atoms with Crippen LogP contribution in [0.5, 0.6) is 0 Å². The smallest absolute Gasteiger partial charge is 0.223 e. The van der Waals surface area contributed by atoms with Crippen molar-refractivity contribution >= 4 is 23.3 Å². The first-order chi connectivity index (χ1) is 16.2. The van der Waals surface area contributed by atoms with Crippen LogP contribution in [-0.2, 0) is 9.53 Å². The molecule has 2 aliphatic rings. The van der Waals surface area contributed by atoms with Gasteiger partial charge in [0.1, 0.15) is 0 Å². The number of hydrogen-bond acceptors (Lipinski definition) is 5. The minimum atomic E-state index is -0.734. The molecule has 1 aromatic rings. The highest BCUT2D eigenvalue weighted by molar-refractivity contribution is 7.09. The largest absolute Gasteiger partial charge is 0.392 e. The molecule has 188 valence electrons. The zero-order chi connectivity index (χ0) is 24.6. The molecule has 0 aromatic carbocycles. The average molecular weight is 487 g/mol. The minimum absolute atomic E-state index is 0.0766. The minimum Gasteiger partial charge on any atom is -0.392 e. The van der Waals surface area contributed by atoms with Gasteiger partial charge in [-0.1, -0.05) is 44.6 Å². The molecule has 0 radical (unpaired) electrons. The first kappa shape index (κ1) is 26.8. The van der Waals surface area contributed by atoms with E-state index in [1.54, 1.807) is 11.3 Å². The van der Waals surface area contributed by atoms with E-state index in [9.17, 15) is 9.90 Å². The Morgan fingerprint density at radius 3 is 2.85 bits per heavy atom. The van der Waals surface area contributed by atoms with E-state index in [1.807, 2.05) is 31.4 Å². The number of fused-ring (bicyclic) bond motifs is 2. The zero-order valence-electron chi connectivity index (χ0n) is 21.3. The Kier molecular flexibility index (Phi) is 10.1. The molecular weight excluding hydrogens is 444 g/mol. The second-order valence-corrected chi connectivity index (χ2v) is 11.7. The van der Waals surface area contributed by atoms with Gasteiger partial charge in [-0.3, -0.25) is 4.79 Å². The lowest BCUT2D eigenvalue weighted by Crippen LogP contribution is -2.38. The first-order valence-electron chi connectivity index (χ1n) is 12.7. The van der Waals surface area contributed by atoms with Gasteiger partial charge in [0.25, 0.3) is 0 Å². The van der Waals surface area contributed by atoms with E-state index in [-0.39, 0.29) is 36.0 Å². The summed E-state index contributed by atoms with van der Waals surface area (Å²) in [6.45, 7) is 8.70. The monoisotopic (exact) mass is 486 g/mol. The number of amides is 1. The van der Waals surface area contributed by atoms with Gasteiger partial charge in [-0.2, -0.15) is 0 Å². The number of ether oxygens (including phenoxy) is 1. The molecule has 1 aromatic heterocycles. The highest BCUT2D eigenvalue weighted by Crippen LogP contribution is 2.33. The van der Waals surface area contributed by atoms with Crippen LogP contribution in [0, 0.1) is 12.3 Å². The summed E-state index contributed by atoms with van der Waals surface area (Å²) in [5.74, 6) is -0.133. The summed E-state index contributed by atoms with van der Waals surface area (Å²) in [6.07, 6.45) is 17.8. The van der Waals surface area contributed by atoms with Crippen molar-refractivity contribution < 1.29 is 14.6 Å². The van der Waals surface area contributed by atoms with E-state index >= 15 is 0 Å². The van der Waals surface area contributed by atoms with Crippen LogP contribution in [0.1, 0.15) is 89.3 Å². The summed E-state index contributed by atoms with van der Waals surface area (Å²) in [7, 11) is 0. The molecule has 0 spiro atoms. The molecular formula is C28H42N2O3S. The Hall–Kier alpha value is -1.76. The topological polar surface area (TPSA) is 71.5 Å². The lowest BCUT2D eigenvalue weighted by molar-refractivity contribution is -0.124. The molecule has 3 heterocycles. The third kappa shape index (κ3) is 9.12. The van der Waals surface area contributed by atoms with Crippen molar-refractivity contribution in [2.75, 3.05) is 0 Å². The summed E-state index contributed by atoms with van der Waals surface area (Å²) < 4.78 is 6.30. The summed E-state index contributed by atoms with van der Waals surface area (Å²) in [5, 5.41) is 16.8. The van der Waals surface area contributed by atoms with Gasteiger partial charge in [0, 0.05) is 11.8 Å². The fourth-order valence-corrected chi connectivity index (χ4v) is 5.46. The van der Waals surface area contributed by atoms with Crippen molar-refractivity contribution in [3.63, 3.8) is 0 Å². The van der Waals surface area contributed by atoms with Crippen LogP contribution in [-0.4, -0.2) is 40.4 Å². The molecule has 3 rings (SSSR count). The SMILES string of the molecule is C/C(=C\c1csc(C)n1)[C@@H]1C/C=C/CCCCC(C)(C)C[C@@H]2CC=C[C@@H](CC(O)CC(=O)N1)O2. The molecule has 1 unspecified atom stereocenters. The van der Waals surface area contributed by atoms with Crippen molar-refractivity contribution in [1.82, 2.24) is 10.3 Å². The average Bonchev–Trinajstić information content (AvgIpc) is 3.15. The molecule has 0 saturated heterocycles. The molecule has 34 heavy (non-hydrogen) atoms. The number of nitrogens with zero attached hydrogens (tertiary/aromatic N) is 1. The normalized spacial score (nSPS) is 30.7. The molecule has 0 aliphatic carbocycles. The van der Waals surface area contributed by atoms with Crippen LogP contribution in [0.2, 0.25) is 0 Å². The number of aliphatic hydroxyl groups excluding tert-OH is 1. The summed E-state index contributed by atoms with van der Waals surface area (Å²) in [4.78, 5) is 17.4. The van der Waals surface area contributed by atoms with Crippen molar-refractivity contribution in [2.45, 2.75) is 110 Å². The number of aromatic nitrogens is 1. The first-order valence-corrected chi connectivity index (χ1v) is 13.6. The summed E-state index contributed by atoms with van der Waals surface area (Å²) in [6, 6.07) is -0.119. The molecule has 5 nitrogen and oxygen atoms in total. The quantitative estimate of drug-likeness (QED) is 0.493. The number of thiazole rings is 1. The Bertz CT molecular complexity index is 886. The van der Waals surface area contributed by atoms with Gasteiger partial charge in [-0.05, 0) is 69.4 Å². The number of rotatable bonds is 2. The maximum Gasteiger partial charge on any atom is 0.223 e. The van der Waals surface area contributed by atoms with Gasteiger partial charge in [0.05, 0.1) is 41.5 Å². The predicted molar refractivity (Wildman–Crippen MR) is 141 cm³/mol. The number of nitrogens with one attached hydrogen (secondary N) is 1. The Balaban J connectivity index is 1.71. The predicted octanol–water partition coefficient (Wildman–Crippen LogP) is 6.13. The second-order valence-electron chi connectivity index (χ2n) is 10.7. The molecule has 1 amide bonds. The Morgan fingerprint density at radius 1 is 1.26 bits per heavy atom. The molecule has 2 N–H and O–H groups in total. The Labute approximate surface area is 209 Å². The number of carbonyl (C=O) groups is 1. The van der Waals surface area contributed by atoms with Crippen LogP contribution in [0.15, 0.2) is 35.3 Å². The fraction of sp³-hybridized carbons (Fsp3) is 0.643. The molecule has 4 atom stereocenters. The summed E-state index contributed by atoms with van der Waals surface area (Å²) >= 11 is 1.62. The highest BCUT2D eigenvalue weighted by atomic mass is 32.1. The van der Waals surface area contributed by atoms with Gasteiger partial charge < -0.3 is 15.2 Å². The van der Waals surface area contributed by atoms with Gasteiger partial charge >= 0.3 is 0 Å². The third-order valence-electron chi connectivity index (χ3n) is 6.73. The molecule has 6 heteroatoms. The highest BCUT2D eigenvalue weighted by Gasteiger charge is 2.28. The van der Waals surface area contributed by atoms with Crippen LogP contribution in [0.4, 0.5) is 0 Å². The van der Waals surface area contributed by atoms with E-state index in [4.69, 9.17) is 4.74 Å². The molecule has 0 fully saturated rings. The fourth-order valence-electron chi connectivity index (χ4n) is 4.89. The van der Waals surface area contributed by atoms with Crippen molar-refractivity contribution in [3.8, 4) is 0 Å². The van der Waals surface area contributed by atoms with Gasteiger partial charge in [-0.25, -0.2) is 4.98 Å². The van der Waals surface area contributed by atoms with Gasteiger partial charge in [0.15, 0.2) is 0 Å². The maximum atomic E-state index is 12.8. The van der Waals surface area contributed by atoms with Crippen molar-refractivity contribution in [3.05, 3.63) is 46.0 Å².